The third-order valence-corrected chi connectivity index (χ3v) is 5.72. The zero-order chi connectivity index (χ0) is 21.4. The summed E-state index contributed by atoms with van der Waals surface area (Å²) in [7, 11) is 0. The topological polar surface area (TPSA) is 76.1 Å². The summed E-state index contributed by atoms with van der Waals surface area (Å²) >= 11 is 5.43. The zero-order valence-electron chi connectivity index (χ0n) is 16.5. The van der Waals surface area contributed by atoms with E-state index in [9.17, 15) is 9.59 Å². The van der Waals surface area contributed by atoms with Gasteiger partial charge in [0.05, 0.1) is 29.2 Å². The number of nitrogens with zero attached hydrogens (tertiary/aromatic N) is 1. The van der Waals surface area contributed by atoms with Crippen LogP contribution >= 0.6 is 12.2 Å². The maximum atomic E-state index is 13.0. The van der Waals surface area contributed by atoms with E-state index in [-0.39, 0.29) is 22.3 Å². The zero-order valence-corrected chi connectivity index (χ0v) is 17.3. The Balaban J connectivity index is 1.49. The van der Waals surface area contributed by atoms with Crippen molar-refractivity contribution in [1.82, 2.24) is 14.9 Å². The average Bonchev–Trinajstić information content (AvgIpc) is 2.79. The number of nitrogens with one attached hydrogen (secondary N) is 2. The fourth-order valence-electron chi connectivity index (χ4n) is 3.90. The van der Waals surface area contributed by atoms with Gasteiger partial charge in [-0.25, -0.2) is 0 Å². The fourth-order valence-corrected chi connectivity index (χ4v) is 4.20. The number of fused-ring (bicyclic) bond motifs is 2. The number of para-hydroxylation sites is 2. The Bertz CT molecular complexity index is 1410. The summed E-state index contributed by atoms with van der Waals surface area (Å²) in [5.41, 5.74) is 2.42. The van der Waals surface area contributed by atoms with Gasteiger partial charge in [-0.2, -0.15) is 0 Å². The van der Waals surface area contributed by atoms with E-state index >= 15 is 0 Å². The highest BCUT2D eigenvalue weighted by Gasteiger charge is 2.23. The number of ether oxygens (including phenoxy) is 1. The lowest BCUT2D eigenvalue weighted by Crippen LogP contribution is -2.32. The molecular formula is C24H19N3O3S. The molecule has 0 spiro atoms. The lowest BCUT2D eigenvalue weighted by Gasteiger charge is -2.26. The molecule has 7 heteroatoms. The van der Waals surface area contributed by atoms with E-state index in [1.807, 2.05) is 54.6 Å². The molecule has 0 aliphatic carbocycles. The number of aromatic amines is 1. The van der Waals surface area contributed by atoms with Crippen LogP contribution in [0.4, 0.5) is 0 Å². The second-order valence-corrected chi connectivity index (χ2v) is 7.75. The Morgan fingerprint density at radius 2 is 1.84 bits per heavy atom. The van der Waals surface area contributed by atoms with Crippen LogP contribution in [0.2, 0.25) is 0 Å². The SMILES string of the molecule is O=C(N[C@@H]1CCOc2ccccc21)c1ccc2c(=O)n(-c3ccccc3)c(=S)[nH]c2c1. The van der Waals surface area contributed by atoms with Gasteiger partial charge in [-0.15, -0.1) is 0 Å². The molecule has 0 radical (unpaired) electrons. The molecule has 1 atom stereocenters. The Hall–Kier alpha value is -3.71. The smallest absolute Gasteiger partial charge is 0.266 e. The molecule has 1 aliphatic rings. The highest BCUT2D eigenvalue weighted by molar-refractivity contribution is 7.71. The molecule has 0 fully saturated rings. The van der Waals surface area contributed by atoms with Crippen LogP contribution in [0.5, 0.6) is 5.75 Å². The van der Waals surface area contributed by atoms with Crippen LogP contribution < -0.4 is 15.6 Å². The van der Waals surface area contributed by atoms with Gasteiger partial charge >= 0.3 is 0 Å². The maximum Gasteiger partial charge on any atom is 0.266 e. The van der Waals surface area contributed by atoms with Crippen LogP contribution in [0, 0.1) is 4.77 Å². The van der Waals surface area contributed by atoms with E-state index in [1.165, 1.54) is 4.57 Å². The van der Waals surface area contributed by atoms with Gasteiger partial charge in [0, 0.05) is 17.5 Å². The van der Waals surface area contributed by atoms with Gasteiger partial charge in [0.15, 0.2) is 4.77 Å². The first kappa shape index (κ1) is 19.3. The Morgan fingerprint density at radius 1 is 1.06 bits per heavy atom. The first-order valence-electron chi connectivity index (χ1n) is 9.99. The van der Waals surface area contributed by atoms with Crippen molar-refractivity contribution < 1.29 is 9.53 Å². The van der Waals surface area contributed by atoms with E-state index in [0.717, 1.165) is 11.3 Å². The fraction of sp³-hybridized carbons (Fsp3) is 0.125. The van der Waals surface area contributed by atoms with Crippen LogP contribution in [-0.2, 0) is 0 Å². The standard InChI is InChI=1S/C24H19N3O3S/c28-22(25-19-12-13-30-21-9-5-4-8-17(19)21)15-10-11-18-20(14-15)26-24(31)27(23(18)29)16-6-2-1-3-7-16/h1-11,14,19H,12-13H2,(H,25,28)(H,26,31)/t19-/m1/s1. The van der Waals surface area contributed by atoms with E-state index in [2.05, 4.69) is 10.3 Å². The predicted octanol–water partition coefficient (Wildman–Crippen LogP) is 4.30. The summed E-state index contributed by atoms with van der Waals surface area (Å²) in [5, 5.41) is 3.54. The van der Waals surface area contributed by atoms with Crippen molar-refractivity contribution in [3.63, 3.8) is 0 Å². The molecule has 4 aromatic rings. The Labute approximate surface area is 183 Å². The molecule has 3 aromatic carbocycles. The minimum absolute atomic E-state index is 0.127. The number of H-pyrrole nitrogens is 1. The summed E-state index contributed by atoms with van der Waals surface area (Å²) in [6, 6.07) is 21.8. The van der Waals surface area contributed by atoms with Gasteiger partial charge in [-0.1, -0.05) is 36.4 Å². The number of rotatable bonds is 3. The average molecular weight is 430 g/mol. The van der Waals surface area contributed by atoms with Crippen LogP contribution in [-0.4, -0.2) is 22.1 Å². The monoisotopic (exact) mass is 429 g/mol. The highest BCUT2D eigenvalue weighted by atomic mass is 32.1. The second-order valence-electron chi connectivity index (χ2n) is 7.37. The van der Waals surface area contributed by atoms with Gasteiger partial charge in [0.2, 0.25) is 0 Å². The van der Waals surface area contributed by atoms with Crippen LogP contribution in [0.3, 0.4) is 0 Å². The molecule has 1 aromatic heterocycles. The third kappa shape index (κ3) is 3.53. The summed E-state index contributed by atoms with van der Waals surface area (Å²) in [5.74, 6) is 0.582. The van der Waals surface area contributed by atoms with Gasteiger partial charge < -0.3 is 15.0 Å². The molecule has 0 saturated carbocycles. The molecule has 6 nitrogen and oxygen atoms in total. The number of aromatic nitrogens is 2. The number of carbonyl (C=O) groups is 1. The number of hydrogen-bond acceptors (Lipinski definition) is 4. The van der Waals surface area contributed by atoms with E-state index < -0.39 is 0 Å². The van der Waals surface area contributed by atoms with Crippen LogP contribution in [0.15, 0.2) is 77.6 Å². The summed E-state index contributed by atoms with van der Waals surface area (Å²) in [6.45, 7) is 0.547. The van der Waals surface area contributed by atoms with Crippen molar-refractivity contribution in [1.29, 1.82) is 0 Å². The van der Waals surface area contributed by atoms with Gasteiger partial charge in [0.1, 0.15) is 5.75 Å². The quantitative estimate of drug-likeness (QED) is 0.476. The summed E-state index contributed by atoms with van der Waals surface area (Å²) < 4.78 is 7.40. The van der Waals surface area contributed by atoms with Crippen LogP contribution in [0.1, 0.15) is 28.4 Å². The molecule has 1 aliphatic heterocycles. The summed E-state index contributed by atoms with van der Waals surface area (Å²) in [4.78, 5) is 29.1. The normalized spacial score (nSPS) is 15.2. The minimum atomic E-state index is -0.227. The van der Waals surface area contributed by atoms with E-state index in [0.29, 0.717) is 35.2 Å². The molecule has 1 amide bonds. The number of benzene rings is 3. The lowest BCUT2D eigenvalue weighted by atomic mass is 10.00. The highest BCUT2D eigenvalue weighted by Crippen LogP contribution is 2.31. The van der Waals surface area contributed by atoms with Gasteiger partial charge in [-0.05, 0) is 48.6 Å². The molecule has 0 unspecified atom stereocenters. The number of hydrogen-bond donors (Lipinski definition) is 2. The summed E-state index contributed by atoms with van der Waals surface area (Å²) in [6.07, 6.45) is 0.695. The molecular weight excluding hydrogens is 410 g/mol. The Kier molecular flexibility index (Phi) is 4.88. The predicted molar refractivity (Wildman–Crippen MR) is 121 cm³/mol. The molecule has 0 saturated heterocycles. The largest absolute Gasteiger partial charge is 0.493 e. The molecule has 31 heavy (non-hydrogen) atoms. The van der Waals surface area contributed by atoms with E-state index in [1.54, 1.807) is 18.2 Å². The van der Waals surface area contributed by atoms with Crippen molar-refractivity contribution in [3.8, 4) is 11.4 Å². The molecule has 154 valence electrons. The van der Waals surface area contributed by atoms with Gasteiger partial charge in [0.25, 0.3) is 11.5 Å². The van der Waals surface area contributed by atoms with Crippen molar-refractivity contribution in [2.75, 3.05) is 6.61 Å². The Morgan fingerprint density at radius 3 is 2.68 bits per heavy atom. The van der Waals surface area contributed by atoms with Crippen molar-refractivity contribution >= 4 is 29.0 Å². The van der Waals surface area contributed by atoms with Crippen molar-refractivity contribution in [2.45, 2.75) is 12.5 Å². The third-order valence-electron chi connectivity index (χ3n) is 5.44. The number of carbonyl (C=O) groups excluding carboxylic acids is 1. The molecule has 2 heterocycles. The van der Waals surface area contributed by atoms with Crippen molar-refractivity contribution in [3.05, 3.63) is 99.0 Å². The number of amides is 1. The maximum absolute atomic E-state index is 13.0. The van der Waals surface area contributed by atoms with E-state index in [4.69, 9.17) is 17.0 Å². The lowest BCUT2D eigenvalue weighted by molar-refractivity contribution is 0.0925. The van der Waals surface area contributed by atoms with Crippen LogP contribution in [0.25, 0.3) is 16.6 Å². The second kappa shape index (κ2) is 7.85. The molecule has 0 bridgehead atoms. The first-order chi connectivity index (χ1) is 15.1. The minimum Gasteiger partial charge on any atom is -0.493 e. The molecule has 2 N–H and O–H groups in total. The molecule has 5 rings (SSSR count). The first-order valence-corrected chi connectivity index (χ1v) is 10.4. The van der Waals surface area contributed by atoms with Gasteiger partial charge in [-0.3, -0.25) is 14.2 Å². The van der Waals surface area contributed by atoms with Crippen molar-refractivity contribution in [2.24, 2.45) is 0 Å².